The molecule has 0 bridgehead atoms. The molecule has 1 aromatic rings. The molecule has 1 aliphatic rings. The molecule has 18 heavy (non-hydrogen) atoms. The van der Waals surface area contributed by atoms with Crippen LogP contribution in [0.15, 0.2) is 18.2 Å². The monoisotopic (exact) mass is 246 g/mol. The summed E-state index contributed by atoms with van der Waals surface area (Å²) in [7, 11) is 0. The van der Waals surface area contributed by atoms with Crippen LogP contribution in [0.3, 0.4) is 0 Å². The van der Waals surface area contributed by atoms with Crippen LogP contribution >= 0.6 is 0 Å². The fourth-order valence-corrected chi connectivity index (χ4v) is 2.61. The number of rotatable bonds is 3. The lowest BCUT2D eigenvalue weighted by atomic mass is 9.76. The number of hydrogen-bond donors (Lipinski definition) is 1. The maximum Gasteiger partial charge on any atom is 0.143 e. The summed E-state index contributed by atoms with van der Waals surface area (Å²) in [5.74, 6) is -0.448. The van der Waals surface area contributed by atoms with Gasteiger partial charge in [-0.15, -0.1) is 0 Å². The maximum atomic E-state index is 13.4. The molecule has 0 aliphatic heterocycles. The van der Waals surface area contributed by atoms with Crippen molar-refractivity contribution in [1.82, 2.24) is 0 Å². The van der Waals surface area contributed by atoms with Gasteiger partial charge in [-0.2, -0.15) is 5.26 Å². The average molecular weight is 246 g/mol. The van der Waals surface area contributed by atoms with E-state index < -0.39 is 5.82 Å². The van der Waals surface area contributed by atoms with Crippen molar-refractivity contribution in [1.29, 1.82) is 5.26 Å². The number of nitrogens with zero attached hydrogens (tertiary/aromatic N) is 1. The van der Waals surface area contributed by atoms with Gasteiger partial charge in [0.15, 0.2) is 0 Å². The van der Waals surface area contributed by atoms with Crippen LogP contribution in [0, 0.1) is 22.6 Å². The van der Waals surface area contributed by atoms with Crippen LogP contribution in [0.2, 0.25) is 0 Å². The first-order valence-corrected chi connectivity index (χ1v) is 6.56. The minimum atomic E-state index is -0.448. The Morgan fingerprint density at radius 1 is 1.33 bits per heavy atom. The molecule has 0 amide bonds. The first-order valence-electron chi connectivity index (χ1n) is 6.56. The Morgan fingerprint density at radius 3 is 2.67 bits per heavy atom. The Morgan fingerprint density at radius 2 is 2.06 bits per heavy atom. The second kappa shape index (κ2) is 5.39. The van der Waals surface area contributed by atoms with Crippen molar-refractivity contribution in [2.45, 2.75) is 39.0 Å². The van der Waals surface area contributed by atoms with Gasteiger partial charge in [0.1, 0.15) is 11.9 Å². The Hall–Kier alpha value is -1.56. The Labute approximate surface area is 108 Å². The molecule has 0 unspecified atom stereocenters. The molecule has 1 N–H and O–H groups in total. The highest BCUT2D eigenvalue weighted by molar-refractivity contribution is 5.48. The molecule has 0 saturated heterocycles. The van der Waals surface area contributed by atoms with E-state index in [1.165, 1.54) is 44.2 Å². The van der Waals surface area contributed by atoms with Crippen LogP contribution in [0.5, 0.6) is 0 Å². The molecule has 0 atom stereocenters. The molecule has 0 spiro atoms. The molecular weight excluding hydrogens is 227 g/mol. The van der Waals surface area contributed by atoms with Crippen LogP contribution in [-0.4, -0.2) is 6.54 Å². The fraction of sp³-hybridized carbons (Fsp3) is 0.533. The number of hydrogen-bond acceptors (Lipinski definition) is 2. The van der Waals surface area contributed by atoms with Gasteiger partial charge < -0.3 is 5.32 Å². The van der Waals surface area contributed by atoms with Crippen molar-refractivity contribution < 1.29 is 4.39 Å². The minimum absolute atomic E-state index is 0.101. The van der Waals surface area contributed by atoms with E-state index in [2.05, 4.69) is 12.2 Å². The number of nitrogens with one attached hydrogen (secondary N) is 1. The van der Waals surface area contributed by atoms with Gasteiger partial charge >= 0.3 is 0 Å². The number of benzene rings is 1. The summed E-state index contributed by atoms with van der Waals surface area (Å²) in [4.78, 5) is 0. The summed E-state index contributed by atoms with van der Waals surface area (Å²) in [5, 5.41) is 12.0. The topological polar surface area (TPSA) is 35.8 Å². The van der Waals surface area contributed by atoms with Gasteiger partial charge in [0.25, 0.3) is 0 Å². The van der Waals surface area contributed by atoms with Crippen molar-refractivity contribution >= 4 is 5.69 Å². The molecular formula is C15H19FN2. The van der Waals surface area contributed by atoms with Gasteiger partial charge in [-0.05, 0) is 36.5 Å². The largest absolute Gasteiger partial charge is 0.384 e. The zero-order chi connectivity index (χ0) is 13.0. The van der Waals surface area contributed by atoms with Gasteiger partial charge in [0.05, 0.1) is 5.56 Å². The van der Waals surface area contributed by atoms with Crippen LogP contribution in [0.25, 0.3) is 0 Å². The van der Waals surface area contributed by atoms with E-state index in [-0.39, 0.29) is 5.56 Å². The summed E-state index contributed by atoms with van der Waals surface area (Å²) in [6, 6.07) is 6.54. The molecule has 96 valence electrons. The first kappa shape index (κ1) is 12.9. The lowest BCUT2D eigenvalue weighted by molar-refractivity contribution is 0.233. The molecule has 1 fully saturated rings. The number of nitriles is 1. The van der Waals surface area contributed by atoms with E-state index >= 15 is 0 Å². The lowest BCUT2D eigenvalue weighted by Crippen LogP contribution is -2.28. The summed E-state index contributed by atoms with van der Waals surface area (Å²) >= 11 is 0. The Bertz CT molecular complexity index is 456. The van der Waals surface area contributed by atoms with Crippen molar-refractivity contribution in [3.63, 3.8) is 0 Å². The Kier molecular flexibility index (Phi) is 3.86. The van der Waals surface area contributed by atoms with Crippen molar-refractivity contribution in [2.24, 2.45) is 5.41 Å². The highest BCUT2D eigenvalue weighted by Gasteiger charge is 2.26. The van der Waals surface area contributed by atoms with E-state index in [0.717, 1.165) is 12.2 Å². The van der Waals surface area contributed by atoms with E-state index in [9.17, 15) is 4.39 Å². The first-order chi connectivity index (χ1) is 8.63. The zero-order valence-electron chi connectivity index (χ0n) is 10.8. The molecule has 1 aromatic carbocycles. The standard InChI is InChI=1S/C15H19FN2/c1-15(7-3-2-4-8-15)11-18-13-6-5-12(10-17)14(16)9-13/h5-6,9,18H,2-4,7-8,11H2,1H3. The predicted molar refractivity (Wildman–Crippen MR) is 70.8 cm³/mol. The second-order valence-electron chi connectivity index (χ2n) is 5.53. The van der Waals surface area contributed by atoms with Crippen LogP contribution in [-0.2, 0) is 0 Å². The molecule has 3 heteroatoms. The summed E-state index contributed by atoms with van der Waals surface area (Å²) in [6.45, 7) is 3.16. The van der Waals surface area contributed by atoms with Crippen molar-refractivity contribution in [3.05, 3.63) is 29.6 Å². The summed E-state index contributed by atoms with van der Waals surface area (Å²) < 4.78 is 13.4. The molecule has 2 rings (SSSR count). The zero-order valence-corrected chi connectivity index (χ0v) is 10.8. The summed E-state index contributed by atoms with van der Waals surface area (Å²) in [6.07, 6.45) is 6.39. The third-order valence-electron chi connectivity index (χ3n) is 3.87. The number of halogens is 1. The SMILES string of the molecule is CC1(CNc2ccc(C#N)c(F)c2)CCCCC1. The Balaban J connectivity index is 1.98. The van der Waals surface area contributed by atoms with Gasteiger partial charge in [-0.1, -0.05) is 26.2 Å². The molecule has 1 saturated carbocycles. The van der Waals surface area contributed by atoms with E-state index in [4.69, 9.17) is 5.26 Å². The van der Waals surface area contributed by atoms with Gasteiger partial charge in [-0.25, -0.2) is 4.39 Å². The van der Waals surface area contributed by atoms with Crippen LogP contribution in [0.1, 0.15) is 44.6 Å². The highest BCUT2D eigenvalue weighted by atomic mass is 19.1. The average Bonchev–Trinajstić information content (AvgIpc) is 2.38. The molecule has 0 aromatic heterocycles. The molecule has 0 heterocycles. The van der Waals surface area contributed by atoms with Gasteiger partial charge in [-0.3, -0.25) is 0 Å². The van der Waals surface area contributed by atoms with Crippen LogP contribution < -0.4 is 5.32 Å². The predicted octanol–water partition coefficient (Wildman–Crippen LogP) is 4.08. The second-order valence-corrected chi connectivity index (χ2v) is 5.53. The van der Waals surface area contributed by atoms with E-state index in [0.29, 0.717) is 5.41 Å². The van der Waals surface area contributed by atoms with Crippen molar-refractivity contribution in [2.75, 3.05) is 11.9 Å². The number of anilines is 1. The van der Waals surface area contributed by atoms with Gasteiger partial charge in [0.2, 0.25) is 0 Å². The smallest absolute Gasteiger partial charge is 0.143 e. The van der Waals surface area contributed by atoms with E-state index in [1.54, 1.807) is 6.07 Å². The fourth-order valence-electron chi connectivity index (χ4n) is 2.61. The van der Waals surface area contributed by atoms with E-state index in [1.807, 2.05) is 6.07 Å². The maximum absolute atomic E-state index is 13.4. The normalized spacial score (nSPS) is 18.1. The third-order valence-corrected chi connectivity index (χ3v) is 3.87. The van der Waals surface area contributed by atoms with Crippen molar-refractivity contribution in [3.8, 4) is 6.07 Å². The molecule has 0 radical (unpaired) electrons. The van der Waals surface area contributed by atoms with Crippen LogP contribution in [0.4, 0.5) is 10.1 Å². The minimum Gasteiger partial charge on any atom is -0.384 e. The molecule has 2 nitrogen and oxygen atoms in total. The lowest BCUT2D eigenvalue weighted by Gasteiger charge is -2.34. The molecule has 1 aliphatic carbocycles. The summed E-state index contributed by atoms with van der Waals surface area (Å²) in [5.41, 5.74) is 1.19. The highest BCUT2D eigenvalue weighted by Crippen LogP contribution is 2.35. The third kappa shape index (κ3) is 3.01. The quantitative estimate of drug-likeness (QED) is 0.872. The van der Waals surface area contributed by atoms with Gasteiger partial charge in [0, 0.05) is 12.2 Å².